The highest BCUT2D eigenvalue weighted by atomic mass is 16.1. The van der Waals surface area contributed by atoms with Gasteiger partial charge < -0.3 is 17.2 Å². The van der Waals surface area contributed by atoms with E-state index >= 15 is 0 Å². The zero-order valence-electron chi connectivity index (χ0n) is 6.58. The number of carbonyl (C=O) groups is 1. The molecule has 0 bridgehead atoms. The average molecular weight is 165 g/mol. The smallest absolute Gasteiger partial charge is 0.221 e. The van der Waals surface area contributed by atoms with Crippen molar-refractivity contribution in [1.29, 1.82) is 0 Å². The molecule has 0 atom stereocenters. The van der Waals surface area contributed by atoms with E-state index in [0.717, 1.165) is 0 Å². The molecule has 0 fully saturated rings. The van der Waals surface area contributed by atoms with Gasteiger partial charge >= 0.3 is 0 Å². The van der Waals surface area contributed by atoms with Gasteiger partial charge in [0.05, 0.1) is 6.42 Å². The molecule has 1 aromatic rings. The van der Waals surface area contributed by atoms with Crippen LogP contribution in [0.2, 0.25) is 0 Å². The number of amides is 1. The SMILES string of the molecule is NC(=O)Cc1cc(N)ccc1N. The van der Waals surface area contributed by atoms with Gasteiger partial charge in [-0.05, 0) is 23.8 Å². The third-order valence-corrected chi connectivity index (χ3v) is 1.53. The van der Waals surface area contributed by atoms with E-state index in [1.807, 2.05) is 0 Å². The van der Waals surface area contributed by atoms with Crippen LogP contribution in [-0.4, -0.2) is 5.91 Å². The van der Waals surface area contributed by atoms with E-state index < -0.39 is 5.91 Å². The molecule has 0 aliphatic carbocycles. The zero-order valence-corrected chi connectivity index (χ0v) is 6.58. The molecule has 0 aliphatic heterocycles. The highest BCUT2D eigenvalue weighted by Crippen LogP contribution is 2.15. The van der Waals surface area contributed by atoms with Gasteiger partial charge in [-0.1, -0.05) is 0 Å². The number of benzene rings is 1. The number of hydrogen-bond acceptors (Lipinski definition) is 3. The molecule has 4 heteroatoms. The molecule has 0 heterocycles. The normalized spacial score (nSPS) is 9.67. The van der Waals surface area contributed by atoms with Crippen LogP contribution >= 0.6 is 0 Å². The van der Waals surface area contributed by atoms with Crippen LogP contribution in [0.25, 0.3) is 0 Å². The third kappa shape index (κ3) is 1.88. The number of nitrogen functional groups attached to an aromatic ring is 2. The number of rotatable bonds is 2. The lowest BCUT2D eigenvalue weighted by atomic mass is 10.1. The minimum atomic E-state index is -0.410. The molecule has 0 aliphatic rings. The molecular formula is C8H11N3O. The lowest BCUT2D eigenvalue weighted by molar-refractivity contribution is -0.117. The van der Waals surface area contributed by atoms with Crippen molar-refractivity contribution in [3.63, 3.8) is 0 Å². The molecule has 6 N–H and O–H groups in total. The van der Waals surface area contributed by atoms with E-state index in [1.54, 1.807) is 18.2 Å². The van der Waals surface area contributed by atoms with Crippen LogP contribution in [0.15, 0.2) is 18.2 Å². The minimum Gasteiger partial charge on any atom is -0.399 e. The predicted molar refractivity (Wildman–Crippen MR) is 48.2 cm³/mol. The second kappa shape index (κ2) is 3.13. The molecule has 0 spiro atoms. The Morgan fingerprint density at radius 2 is 2.00 bits per heavy atom. The second-order valence-electron chi connectivity index (χ2n) is 2.60. The van der Waals surface area contributed by atoms with Crippen molar-refractivity contribution in [2.24, 2.45) is 5.73 Å². The Kier molecular flexibility index (Phi) is 2.19. The second-order valence-corrected chi connectivity index (χ2v) is 2.60. The molecule has 0 unspecified atom stereocenters. The van der Waals surface area contributed by atoms with Gasteiger partial charge in [-0.25, -0.2) is 0 Å². The van der Waals surface area contributed by atoms with E-state index in [4.69, 9.17) is 17.2 Å². The van der Waals surface area contributed by atoms with Gasteiger partial charge in [0.25, 0.3) is 0 Å². The van der Waals surface area contributed by atoms with Gasteiger partial charge in [0.2, 0.25) is 5.91 Å². The molecule has 64 valence electrons. The molecule has 12 heavy (non-hydrogen) atoms. The van der Waals surface area contributed by atoms with Crippen LogP contribution in [-0.2, 0) is 11.2 Å². The summed E-state index contributed by atoms with van der Waals surface area (Å²) in [4.78, 5) is 10.6. The van der Waals surface area contributed by atoms with Crippen molar-refractivity contribution in [2.45, 2.75) is 6.42 Å². The Morgan fingerprint density at radius 3 is 2.58 bits per heavy atom. The first-order chi connectivity index (χ1) is 5.59. The summed E-state index contributed by atoms with van der Waals surface area (Å²) < 4.78 is 0. The summed E-state index contributed by atoms with van der Waals surface area (Å²) >= 11 is 0. The first-order valence-electron chi connectivity index (χ1n) is 3.52. The quantitative estimate of drug-likeness (QED) is 0.533. The topological polar surface area (TPSA) is 95.1 Å². The van der Waals surface area contributed by atoms with Crippen molar-refractivity contribution in [3.05, 3.63) is 23.8 Å². The largest absolute Gasteiger partial charge is 0.399 e. The lowest BCUT2D eigenvalue weighted by Gasteiger charge is -2.03. The van der Waals surface area contributed by atoms with Crippen LogP contribution in [0.3, 0.4) is 0 Å². The summed E-state index contributed by atoms with van der Waals surface area (Å²) in [7, 11) is 0. The summed E-state index contributed by atoms with van der Waals surface area (Å²) in [6.07, 6.45) is 0.136. The lowest BCUT2D eigenvalue weighted by Crippen LogP contribution is -2.14. The summed E-state index contributed by atoms with van der Waals surface area (Å²) in [6.45, 7) is 0. The molecule has 0 radical (unpaired) electrons. The number of hydrogen-bond donors (Lipinski definition) is 3. The number of carbonyl (C=O) groups excluding carboxylic acids is 1. The van der Waals surface area contributed by atoms with Crippen LogP contribution in [0, 0.1) is 0 Å². The molecular weight excluding hydrogens is 154 g/mol. The summed E-state index contributed by atoms with van der Waals surface area (Å²) in [5, 5.41) is 0. The Labute approximate surface area is 70.3 Å². The van der Waals surface area contributed by atoms with Gasteiger partial charge in [0.1, 0.15) is 0 Å². The standard InChI is InChI=1S/C8H11N3O/c9-6-1-2-7(10)5(3-6)4-8(11)12/h1-3H,4,9-10H2,(H2,11,12). The van der Waals surface area contributed by atoms with Crippen LogP contribution in [0.1, 0.15) is 5.56 Å². The molecule has 0 saturated carbocycles. The van der Waals surface area contributed by atoms with Crippen LogP contribution < -0.4 is 17.2 Å². The number of anilines is 2. The maximum Gasteiger partial charge on any atom is 0.221 e. The monoisotopic (exact) mass is 165 g/mol. The summed E-state index contributed by atoms with van der Waals surface area (Å²) in [5.41, 5.74) is 17.9. The molecule has 0 aromatic heterocycles. The molecule has 0 saturated heterocycles. The fraction of sp³-hybridized carbons (Fsp3) is 0.125. The first-order valence-corrected chi connectivity index (χ1v) is 3.52. The Morgan fingerprint density at radius 1 is 1.33 bits per heavy atom. The summed E-state index contributed by atoms with van der Waals surface area (Å²) in [5.74, 6) is -0.410. The molecule has 4 nitrogen and oxygen atoms in total. The fourth-order valence-electron chi connectivity index (χ4n) is 0.966. The van der Waals surface area contributed by atoms with E-state index in [1.165, 1.54) is 0 Å². The summed E-state index contributed by atoms with van der Waals surface area (Å²) in [6, 6.07) is 4.99. The minimum absolute atomic E-state index is 0.136. The van der Waals surface area contributed by atoms with E-state index in [2.05, 4.69) is 0 Å². The van der Waals surface area contributed by atoms with Crippen LogP contribution in [0.5, 0.6) is 0 Å². The van der Waals surface area contributed by atoms with E-state index in [9.17, 15) is 4.79 Å². The van der Waals surface area contributed by atoms with Gasteiger partial charge in [-0.2, -0.15) is 0 Å². The Balaban J connectivity index is 2.97. The highest BCUT2D eigenvalue weighted by molar-refractivity contribution is 5.79. The fourth-order valence-corrected chi connectivity index (χ4v) is 0.966. The van der Waals surface area contributed by atoms with Gasteiger partial charge in [-0.15, -0.1) is 0 Å². The zero-order chi connectivity index (χ0) is 9.14. The maximum atomic E-state index is 10.6. The number of nitrogens with two attached hydrogens (primary N) is 3. The van der Waals surface area contributed by atoms with Gasteiger partial charge in [-0.3, -0.25) is 4.79 Å². The number of primary amides is 1. The predicted octanol–water partition coefficient (Wildman–Crippen LogP) is -0.121. The van der Waals surface area contributed by atoms with Crippen molar-refractivity contribution in [3.8, 4) is 0 Å². The third-order valence-electron chi connectivity index (χ3n) is 1.53. The van der Waals surface area contributed by atoms with Crippen molar-refractivity contribution >= 4 is 17.3 Å². The van der Waals surface area contributed by atoms with Gasteiger partial charge in [0, 0.05) is 11.4 Å². The molecule has 1 rings (SSSR count). The van der Waals surface area contributed by atoms with Crippen molar-refractivity contribution < 1.29 is 4.79 Å². The Hall–Kier alpha value is -1.71. The molecule has 1 aromatic carbocycles. The van der Waals surface area contributed by atoms with Crippen molar-refractivity contribution in [1.82, 2.24) is 0 Å². The average Bonchev–Trinajstić information content (AvgIpc) is 1.96. The highest BCUT2D eigenvalue weighted by Gasteiger charge is 2.02. The van der Waals surface area contributed by atoms with Crippen molar-refractivity contribution in [2.75, 3.05) is 11.5 Å². The van der Waals surface area contributed by atoms with Gasteiger partial charge in [0.15, 0.2) is 0 Å². The Bertz CT molecular complexity index is 309. The van der Waals surface area contributed by atoms with Crippen LogP contribution in [0.4, 0.5) is 11.4 Å². The maximum absolute atomic E-state index is 10.6. The van der Waals surface area contributed by atoms with E-state index in [0.29, 0.717) is 16.9 Å². The first kappa shape index (κ1) is 8.39. The van der Waals surface area contributed by atoms with E-state index in [-0.39, 0.29) is 6.42 Å². The molecule has 1 amide bonds.